The third kappa shape index (κ3) is 4.54. The molecule has 0 aliphatic heterocycles. The molecule has 0 aliphatic carbocycles. The molecule has 1 aromatic carbocycles. The van der Waals surface area contributed by atoms with Crippen LogP contribution in [-0.4, -0.2) is 39.0 Å². The van der Waals surface area contributed by atoms with Gasteiger partial charge in [0.25, 0.3) is 0 Å². The molecule has 1 heterocycles. The van der Waals surface area contributed by atoms with Crippen LogP contribution in [0.4, 0.5) is 9.18 Å². The van der Waals surface area contributed by atoms with E-state index in [2.05, 4.69) is 20.8 Å². The Morgan fingerprint density at radius 2 is 2.04 bits per heavy atom. The summed E-state index contributed by atoms with van der Waals surface area (Å²) in [6.45, 7) is 2.42. The number of benzene rings is 1. The lowest BCUT2D eigenvalue weighted by Crippen LogP contribution is -2.40. The van der Waals surface area contributed by atoms with Crippen molar-refractivity contribution in [1.82, 2.24) is 25.4 Å². The molecular formula is C15H18FN5O2S. The minimum atomic E-state index is -0.521. The van der Waals surface area contributed by atoms with E-state index in [0.717, 1.165) is 18.2 Å². The number of thioether (sulfide) groups is 1. The molecule has 24 heavy (non-hydrogen) atoms. The molecular weight excluding hydrogens is 333 g/mol. The monoisotopic (exact) mass is 351 g/mol. The van der Waals surface area contributed by atoms with Gasteiger partial charge in [-0.3, -0.25) is 10.1 Å². The van der Waals surface area contributed by atoms with Crippen LogP contribution in [0.5, 0.6) is 0 Å². The summed E-state index contributed by atoms with van der Waals surface area (Å²) in [6.07, 6.45) is 0.786. The molecule has 128 valence electrons. The smallest absolute Gasteiger partial charge is 0.321 e. The molecule has 1 aromatic heterocycles. The van der Waals surface area contributed by atoms with Gasteiger partial charge in [0.1, 0.15) is 5.82 Å². The lowest BCUT2D eigenvalue weighted by molar-refractivity contribution is -0.117. The van der Waals surface area contributed by atoms with Crippen LogP contribution in [0.25, 0.3) is 11.4 Å². The number of rotatable bonds is 6. The van der Waals surface area contributed by atoms with E-state index in [4.69, 9.17) is 0 Å². The first-order chi connectivity index (χ1) is 11.5. The fraction of sp³-hybridized carbons (Fsp3) is 0.333. The van der Waals surface area contributed by atoms with Crippen molar-refractivity contribution in [3.63, 3.8) is 0 Å². The molecule has 0 saturated carbocycles. The molecule has 7 nitrogen and oxygen atoms in total. The number of imide groups is 1. The van der Waals surface area contributed by atoms with Gasteiger partial charge in [-0.25, -0.2) is 9.18 Å². The first-order valence-electron chi connectivity index (χ1n) is 7.37. The summed E-state index contributed by atoms with van der Waals surface area (Å²) in [5.74, 6) is -0.460. The Morgan fingerprint density at radius 3 is 2.75 bits per heavy atom. The van der Waals surface area contributed by atoms with Crippen LogP contribution in [0.3, 0.4) is 0 Å². The van der Waals surface area contributed by atoms with Crippen molar-refractivity contribution in [2.24, 2.45) is 7.05 Å². The van der Waals surface area contributed by atoms with Crippen molar-refractivity contribution in [3.8, 4) is 11.4 Å². The van der Waals surface area contributed by atoms with Crippen LogP contribution in [-0.2, 0) is 11.8 Å². The van der Waals surface area contributed by atoms with E-state index in [1.807, 2.05) is 6.92 Å². The summed E-state index contributed by atoms with van der Waals surface area (Å²) in [7, 11) is 1.69. The maximum atomic E-state index is 13.8. The first-order valence-corrected chi connectivity index (χ1v) is 8.36. The van der Waals surface area contributed by atoms with Crippen molar-refractivity contribution < 1.29 is 14.0 Å². The number of urea groups is 1. The van der Waals surface area contributed by atoms with E-state index < -0.39 is 17.8 Å². The minimum Gasteiger partial charge on any atom is -0.338 e. The molecule has 0 saturated heterocycles. The quantitative estimate of drug-likeness (QED) is 0.777. The van der Waals surface area contributed by atoms with E-state index in [9.17, 15) is 14.0 Å². The largest absolute Gasteiger partial charge is 0.338 e. The first kappa shape index (κ1) is 17.9. The van der Waals surface area contributed by atoms with Crippen molar-refractivity contribution in [2.75, 3.05) is 12.3 Å². The summed E-state index contributed by atoms with van der Waals surface area (Å²) < 4.78 is 15.4. The number of aromatic nitrogens is 3. The van der Waals surface area contributed by atoms with Gasteiger partial charge in [-0.05, 0) is 18.6 Å². The zero-order chi connectivity index (χ0) is 17.5. The van der Waals surface area contributed by atoms with Gasteiger partial charge < -0.3 is 9.88 Å². The Morgan fingerprint density at radius 1 is 1.29 bits per heavy atom. The van der Waals surface area contributed by atoms with E-state index in [0.29, 0.717) is 23.1 Å². The Balaban J connectivity index is 1.96. The van der Waals surface area contributed by atoms with Crippen molar-refractivity contribution >= 4 is 23.7 Å². The number of amides is 3. The number of carbonyl (C=O) groups excluding carboxylic acids is 2. The average Bonchev–Trinajstić information content (AvgIpc) is 2.92. The fourth-order valence-corrected chi connectivity index (χ4v) is 2.60. The van der Waals surface area contributed by atoms with Gasteiger partial charge >= 0.3 is 6.03 Å². The van der Waals surface area contributed by atoms with Crippen LogP contribution in [0.1, 0.15) is 13.3 Å². The number of halogens is 1. The van der Waals surface area contributed by atoms with Crippen LogP contribution >= 0.6 is 11.8 Å². The zero-order valence-electron chi connectivity index (χ0n) is 13.4. The van der Waals surface area contributed by atoms with Crippen molar-refractivity contribution in [3.05, 3.63) is 30.1 Å². The fourth-order valence-electron chi connectivity index (χ4n) is 1.89. The Bertz CT molecular complexity index is 734. The molecule has 0 bridgehead atoms. The topological polar surface area (TPSA) is 88.9 Å². The van der Waals surface area contributed by atoms with Gasteiger partial charge in [-0.1, -0.05) is 30.8 Å². The minimum absolute atomic E-state index is 0.00277. The number of hydrogen-bond acceptors (Lipinski definition) is 5. The summed E-state index contributed by atoms with van der Waals surface area (Å²) in [5.41, 5.74) is 0.336. The second kappa shape index (κ2) is 8.44. The van der Waals surface area contributed by atoms with Crippen LogP contribution in [0, 0.1) is 5.82 Å². The lowest BCUT2D eigenvalue weighted by atomic mass is 10.2. The number of carbonyl (C=O) groups is 2. The second-order valence-electron chi connectivity index (χ2n) is 4.94. The molecule has 0 radical (unpaired) electrons. The molecule has 0 aliphatic rings. The maximum Gasteiger partial charge on any atom is 0.321 e. The number of hydrogen-bond donors (Lipinski definition) is 2. The molecule has 0 spiro atoms. The second-order valence-corrected chi connectivity index (χ2v) is 5.88. The van der Waals surface area contributed by atoms with Gasteiger partial charge in [0.2, 0.25) is 5.91 Å². The summed E-state index contributed by atoms with van der Waals surface area (Å²) in [6, 6.07) is 5.74. The van der Waals surface area contributed by atoms with E-state index in [1.54, 1.807) is 29.8 Å². The molecule has 9 heteroatoms. The average molecular weight is 351 g/mol. The zero-order valence-corrected chi connectivity index (χ0v) is 14.2. The standard InChI is InChI=1S/C15H18FN5O2S/c1-3-8-17-14(23)18-12(22)9-24-15-20-19-13(21(15)2)10-6-4-5-7-11(10)16/h4-7H,3,8-9H2,1-2H3,(H2,17,18,22,23). The lowest BCUT2D eigenvalue weighted by Gasteiger charge is -2.06. The molecule has 0 fully saturated rings. The van der Waals surface area contributed by atoms with Gasteiger partial charge in [0.05, 0.1) is 11.3 Å². The summed E-state index contributed by atoms with van der Waals surface area (Å²) in [5, 5.41) is 13.2. The van der Waals surface area contributed by atoms with E-state index in [1.165, 1.54) is 6.07 Å². The highest BCUT2D eigenvalue weighted by Crippen LogP contribution is 2.24. The van der Waals surface area contributed by atoms with E-state index in [-0.39, 0.29) is 5.75 Å². The SMILES string of the molecule is CCCNC(=O)NC(=O)CSc1nnc(-c2ccccc2F)n1C. The maximum absolute atomic E-state index is 13.8. The van der Waals surface area contributed by atoms with E-state index >= 15 is 0 Å². The van der Waals surface area contributed by atoms with Crippen LogP contribution < -0.4 is 10.6 Å². The van der Waals surface area contributed by atoms with Gasteiger partial charge in [0, 0.05) is 13.6 Å². The van der Waals surface area contributed by atoms with Gasteiger partial charge in [-0.15, -0.1) is 10.2 Å². The van der Waals surface area contributed by atoms with Gasteiger partial charge in [0.15, 0.2) is 11.0 Å². The Hall–Kier alpha value is -2.42. The van der Waals surface area contributed by atoms with Gasteiger partial charge in [-0.2, -0.15) is 0 Å². The highest BCUT2D eigenvalue weighted by atomic mass is 32.2. The Kier molecular flexibility index (Phi) is 6.30. The van der Waals surface area contributed by atoms with Crippen molar-refractivity contribution in [2.45, 2.75) is 18.5 Å². The highest BCUT2D eigenvalue weighted by molar-refractivity contribution is 7.99. The number of nitrogens with zero attached hydrogens (tertiary/aromatic N) is 3. The molecule has 2 aromatic rings. The van der Waals surface area contributed by atoms with Crippen LogP contribution in [0.15, 0.2) is 29.4 Å². The normalized spacial score (nSPS) is 10.5. The Labute approximate surface area is 143 Å². The molecule has 3 amide bonds. The highest BCUT2D eigenvalue weighted by Gasteiger charge is 2.16. The van der Waals surface area contributed by atoms with Crippen molar-refractivity contribution in [1.29, 1.82) is 0 Å². The molecule has 0 atom stereocenters. The molecule has 0 unspecified atom stereocenters. The number of nitrogens with one attached hydrogen (secondary N) is 2. The van der Waals surface area contributed by atoms with Crippen LogP contribution in [0.2, 0.25) is 0 Å². The third-order valence-electron chi connectivity index (χ3n) is 3.07. The molecule has 2 rings (SSSR count). The molecule has 2 N–H and O–H groups in total. The predicted molar refractivity (Wildman–Crippen MR) is 89.0 cm³/mol. The predicted octanol–water partition coefficient (Wildman–Crippen LogP) is 1.95. The third-order valence-corrected chi connectivity index (χ3v) is 4.09. The summed E-state index contributed by atoms with van der Waals surface area (Å²) in [4.78, 5) is 23.1. The summed E-state index contributed by atoms with van der Waals surface area (Å²) >= 11 is 1.12.